The molecule has 0 saturated carbocycles. The zero-order valence-electron chi connectivity index (χ0n) is 8.36. The Morgan fingerprint density at radius 3 is 2.20 bits per heavy atom. The van der Waals surface area contributed by atoms with Crippen molar-refractivity contribution in [2.75, 3.05) is 6.67 Å². The van der Waals surface area contributed by atoms with Crippen LogP contribution in [0, 0.1) is 5.92 Å². The van der Waals surface area contributed by atoms with E-state index in [4.69, 9.17) is 15.9 Å². The number of alkyl halides is 1. The lowest BCUT2D eigenvalue weighted by molar-refractivity contribution is -0.143. The quantitative estimate of drug-likeness (QED) is 0.521. The van der Waals surface area contributed by atoms with Crippen LogP contribution in [0.15, 0.2) is 0 Å². The van der Waals surface area contributed by atoms with E-state index in [1.807, 2.05) is 0 Å². The number of aliphatic carboxylic acids is 2. The van der Waals surface area contributed by atoms with Crippen molar-refractivity contribution < 1.29 is 24.2 Å². The molecule has 0 unspecified atom stereocenters. The Labute approximate surface area is 87.1 Å². The molecule has 0 spiro atoms. The highest BCUT2D eigenvalue weighted by Gasteiger charge is 2.23. The molecule has 88 valence electrons. The first-order valence-electron chi connectivity index (χ1n) is 4.76. The second kappa shape index (κ2) is 7.17. The fourth-order valence-electron chi connectivity index (χ4n) is 1.23. The Hall–Kier alpha value is -1.17. The van der Waals surface area contributed by atoms with E-state index in [-0.39, 0.29) is 12.8 Å². The standard InChI is InChI=1S/C9H16FNO4/c10-4-2-1-3-6(8(12)13)5-7(11)9(14)15/h6-7H,1-5,11H2,(H,12,13)(H,14,15)/t6-,7-/m0/s1/i10-1. The summed E-state index contributed by atoms with van der Waals surface area (Å²) in [4.78, 5) is 21.1. The van der Waals surface area contributed by atoms with Crippen LogP contribution in [-0.2, 0) is 9.59 Å². The van der Waals surface area contributed by atoms with Gasteiger partial charge in [0.1, 0.15) is 6.04 Å². The summed E-state index contributed by atoms with van der Waals surface area (Å²) in [5, 5.41) is 17.3. The number of nitrogens with two attached hydrogens (primary N) is 1. The largest absolute Gasteiger partial charge is 0.481 e. The summed E-state index contributed by atoms with van der Waals surface area (Å²) in [6.45, 7) is -0.489. The van der Waals surface area contributed by atoms with Crippen molar-refractivity contribution in [1.29, 1.82) is 0 Å². The number of hydrogen-bond acceptors (Lipinski definition) is 3. The van der Waals surface area contributed by atoms with E-state index >= 15 is 0 Å². The van der Waals surface area contributed by atoms with Gasteiger partial charge in [-0.3, -0.25) is 14.0 Å². The Balaban J connectivity index is 4.04. The molecule has 0 radical (unpaired) electrons. The molecule has 5 nitrogen and oxygen atoms in total. The van der Waals surface area contributed by atoms with Gasteiger partial charge in [0.15, 0.2) is 0 Å². The third-order valence-corrected chi connectivity index (χ3v) is 2.14. The molecule has 0 aliphatic carbocycles. The van der Waals surface area contributed by atoms with E-state index < -0.39 is 30.6 Å². The van der Waals surface area contributed by atoms with Gasteiger partial charge in [0, 0.05) is 0 Å². The Kier molecular flexibility index (Phi) is 6.61. The van der Waals surface area contributed by atoms with Crippen LogP contribution in [-0.4, -0.2) is 34.9 Å². The lowest BCUT2D eigenvalue weighted by atomic mass is 9.95. The van der Waals surface area contributed by atoms with Gasteiger partial charge in [-0.25, -0.2) is 0 Å². The third-order valence-electron chi connectivity index (χ3n) is 2.14. The molecule has 0 rings (SSSR count). The van der Waals surface area contributed by atoms with Gasteiger partial charge in [0.25, 0.3) is 0 Å². The normalized spacial score (nSPS) is 14.5. The summed E-state index contributed by atoms with van der Waals surface area (Å²) in [5.41, 5.74) is 5.22. The van der Waals surface area contributed by atoms with Crippen molar-refractivity contribution in [3.05, 3.63) is 0 Å². The smallest absolute Gasteiger partial charge is 0.320 e. The maximum atomic E-state index is 11.8. The minimum absolute atomic E-state index is 0.114. The molecule has 15 heavy (non-hydrogen) atoms. The van der Waals surface area contributed by atoms with Crippen molar-refractivity contribution >= 4 is 11.9 Å². The van der Waals surface area contributed by atoms with E-state index in [2.05, 4.69) is 0 Å². The number of hydrogen-bond donors (Lipinski definition) is 3. The first kappa shape index (κ1) is 13.8. The number of carbonyl (C=O) groups is 2. The molecule has 0 heterocycles. The fourth-order valence-corrected chi connectivity index (χ4v) is 1.23. The minimum Gasteiger partial charge on any atom is -0.481 e. The van der Waals surface area contributed by atoms with Crippen molar-refractivity contribution in [3.8, 4) is 0 Å². The van der Waals surface area contributed by atoms with Crippen LogP contribution in [0.5, 0.6) is 0 Å². The summed E-state index contributed by atoms with van der Waals surface area (Å²) in [6, 6.07) is -1.17. The van der Waals surface area contributed by atoms with Crippen molar-refractivity contribution in [3.63, 3.8) is 0 Å². The third kappa shape index (κ3) is 6.01. The van der Waals surface area contributed by atoms with Crippen LogP contribution in [0.4, 0.5) is 4.39 Å². The zero-order chi connectivity index (χ0) is 11.8. The first-order chi connectivity index (χ1) is 6.99. The van der Waals surface area contributed by atoms with Crippen LogP contribution >= 0.6 is 0 Å². The van der Waals surface area contributed by atoms with Crippen molar-refractivity contribution in [1.82, 2.24) is 0 Å². The molecule has 0 amide bonds. The highest BCUT2D eigenvalue weighted by molar-refractivity contribution is 5.75. The molecule has 0 bridgehead atoms. The minimum atomic E-state index is -1.22. The molecule has 4 N–H and O–H groups in total. The average Bonchev–Trinajstić information content (AvgIpc) is 2.15. The maximum absolute atomic E-state index is 11.8. The van der Waals surface area contributed by atoms with Crippen molar-refractivity contribution in [2.24, 2.45) is 11.7 Å². The van der Waals surface area contributed by atoms with Crippen molar-refractivity contribution in [2.45, 2.75) is 31.7 Å². The highest BCUT2D eigenvalue weighted by atomic mass is 18.2. The summed E-state index contributed by atoms with van der Waals surface area (Å²) in [5.74, 6) is -3.10. The van der Waals surface area contributed by atoms with E-state index in [0.717, 1.165) is 0 Å². The predicted octanol–water partition coefficient (Wildman–Crippen LogP) is 0.629. The molecule has 0 aliphatic heterocycles. The molecule has 6 heteroatoms. The van der Waals surface area contributed by atoms with Gasteiger partial charge in [0.05, 0.1) is 12.6 Å². The van der Waals surface area contributed by atoms with Gasteiger partial charge in [-0.05, 0) is 25.7 Å². The number of carboxylic acid groups (broad SMARTS) is 2. The van der Waals surface area contributed by atoms with E-state index in [9.17, 15) is 14.0 Å². The molecule has 2 atom stereocenters. The molecule has 0 aromatic carbocycles. The van der Waals surface area contributed by atoms with Crippen LogP contribution in [0.1, 0.15) is 25.7 Å². The maximum Gasteiger partial charge on any atom is 0.320 e. The fraction of sp³-hybridized carbons (Fsp3) is 0.778. The SMILES string of the molecule is N[C@@H](C[C@H](CCCC[18F])C(=O)O)C(=O)O. The molecule has 0 aromatic heterocycles. The van der Waals surface area contributed by atoms with E-state index in [1.54, 1.807) is 0 Å². The molecular formula is C9H16FNO4. The van der Waals surface area contributed by atoms with Gasteiger partial charge in [-0.15, -0.1) is 0 Å². The Morgan fingerprint density at radius 2 is 1.80 bits per heavy atom. The number of unbranched alkanes of at least 4 members (excludes halogenated alkanes) is 1. The van der Waals surface area contributed by atoms with E-state index in [1.165, 1.54) is 0 Å². The van der Waals surface area contributed by atoms with Crippen LogP contribution in [0.2, 0.25) is 0 Å². The number of carboxylic acids is 2. The molecule has 0 aromatic rings. The van der Waals surface area contributed by atoms with Gasteiger partial charge < -0.3 is 15.9 Å². The summed E-state index contributed by atoms with van der Waals surface area (Å²) in [7, 11) is 0. The second-order valence-corrected chi connectivity index (χ2v) is 3.40. The monoisotopic (exact) mass is 220 g/mol. The molecule has 0 aliphatic rings. The summed E-state index contributed by atoms with van der Waals surface area (Å²) >= 11 is 0. The Bertz CT molecular complexity index is 222. The van der Waals surface area contributed by atoms with Gasteiger partial charge in [-0.2, -0.15) is 0 Å². The number of halogens is 1. The van der Waals surface area contributed by atoms with Crippen LogP contribution in [0.25, 0.3) is 0 Å². The van der Waals surface area contributed by atoms with Gasteiger partial charge in [-0.1, -0.05) is 0 Å². The lowest BCUT2D eigenvalue weighted by Crippen LogP contribution is -2.34. The Morgan fingerprint density at radius 1 is 1.20 bits per heavy atom. The summed E-state index contributed by atoms with van der Waals surface area (Å²) < 4.78 is 11.8. The predicted molar refractivity (Wildman–Crippen MR) is 51.2 cm³/mol. The number of rotatable bonds is 8. The van der Waals surface area contributed by atoms with Crippen LogP contribution in [0.3, 0.4) is 0 Å². The highest BCUT2D eigenvalue weighted by Crippen LogP contribution is 2.15. The molecule has 0 saturated heterocycles. The molecule has 0 fully saturated rings. The summed E-state index contributed by atoms with van der Waals surface area (Å²) in [6.07, 6.45) is 0.878. The zero-order valence-corrected chi connectivity index (χ0v) is 8.36. The lowest BCUT2D eigenvalue weighted by Gasteiger charge is -2.14. The topological polar surface area (TPSA) is 101 Å². The first-order valence-corrected chi connectivity index (χ1v) is 4.76. The van der Waals surface area contributed by atoms with Gasteiger partial charge >= 0.3 is 11.9 Å². The van der Waals surface area contributed by atoms with Crippen LogP contribution < -0.4 is 5.73 Å². The van der Waals surface area contributed by atoms with E-state index in [0.29, 0.717) is 12.8 Å². The molecular weight excluding hydrogens is 204 g/mol. The second-order valence-electron chi connectivity index (χ2n) is 3.40. The van der Waals surface area contributed by atoms with Gasteiger partial charge in [0.2, 0.25) is 0 Å². The average molecular weight is 220 g/mol.